The second kappa shape index (κ2) is 7.05. The van der Waals surface area contributed by atoms with Crippen LogP contribution in [0.3, 0.4) is 0 Å². The third-order valence-electron chi connectivity index (χ3n) is 3.14. The second-order valence-corrected chi connectivity index (χ2v) is 4.44. The maximum Gasteiger partial charge on any atom is 0.0602 e. The Balaban J connectivity index is 2.14. The zero-order valence-electron chi connectivity index (χ0n) is 9.41. The first kappa shape index (κ1) is 11.8. The molecule has 0 heterocycles. The van der Waals surface area contributed by atoms with E-state index in [-0.39, 0.29) is 6.10 Å². The normalized spacial score (nSPS) is 28.4. The van der Waals surface area contributed by atoms with Crippen LogP contribution in [0.5, 0.6) is 0 Å². The molecule has 82 valence electrons. The van der Waals surface area contributed by atoms with Crippen LogP contribution in [0.4, 0.5) is 0 Å². The van der Waals surface area contributed by atoms with Crippen LogP contribution < -0.4 is 0 Å². The van der Waals surface area contributed by atoms with Gasteiger partial charge in [0.1, 0.15) is 0 Å². The fourth-order valence-electron chi connectivity index (χ4n) is 2.15. The molecule has 1 fully saturated rings. The summed E-state index contributed by atoms with van der Waals surface area (Å²) in [5, 5.41) is 9.72. The van der Waals surface area contributed by atoms with Crippen molar-refractivity contribution in [2.75, 3.05) is 0 Å². The van der Waals surface area contributed by atoms with Crippen LogP contribution in [-0.2, 0) is 0 Å². The van der Waals surface area contributed by atoms with E-state index in [0.29, 0.717) is 5.92 Å². The van der Waals surface area contributed by atoms with Crippen molar-refractivity contribution >= 4 is 0 Å². The van der Waals surface area contributed by atoms with Gasteiger partial charge in [0.05, 0.1) is 6.10 Å². The highest BCUT2D eigenvalue weighted by atomic mass is 16.3. The summed E-state index contributed by atoms with van der Waals surface area (Å²) in [5.74, 6) is 0.449. The van der Waals surface area contributed by atoms with E-state index in [1.54, 1.807) is 0 Å². The average Bonchev–Trinajstić information content (AvgIpc) is 2.20. The van der Waals surface area contributed by atoms with Crippen LogP contribution in [0, 0.1) is 5.92 Å². The Kier molecular flexibility index (Phi) is 5.93. The summed E-state index contributed by atoms with van der Waals surface area (Å²) >= 11 is 0. The topological polar surface area (TPSA) is 20.2 Å². The van der Waals surface area contributed by atoms with E-state index in [9.17, 15) is 5.11 Å². The monoisotopic (exact) mass is 196 g/mol. The maximum absolute atomic E-state index is 9.72. The lowest BCUT2D eigenvalue weighted by atomic mass is 9.86. The first-order valence-corrected chi connectivity index (χ1v) is 6.19. The van der Waals surface area contributed by atoms with E-state index in [1.165, 1.54) is 44.9 Å². The largest absolute Gasteiger partial charge is 0.393 e. The predicted molar refractivity (Wildman–Crippen MR) is 61.2 cm³/mol. The Morgan fingerprint density at radius 1 is 1.21 bits per heavy atom. The lowest BCUT2D eigenvalue weighted by Crippen LogP contribution is -2.22. The molecule has 0 unspecified atom stereocenters. The molecular weight excluding hydrogens is 172 g/mol. The molecule has 1 aliphatic carbocycles. The molecule has 0 aliphatic heterocycles. The highest BCUT2D eigenvalue weighted by molar-refractivity contribution is 4.93. The molecule has 1 nitrogen and oxygen atoms in total. The molecule has 0 amide bonds. The summed E-state index contributed by atoms with van der Waals surface area (Å²) in [6, 6.07) is 0. The molecule has 0 spiro atoms. The zero-order valence-corrected chi connectivity index (χ0v) is 9.41. The van der Waals surface area contributed by atoms with Gasteiger partial charge in [-0.15, -0.1) is 0 Å². The molecule has 0 bridgehead atoms. The number of unbranched alkanes of at least 4 members (excludes halogenated alkanes) is 3. The van der Waals surface area contributed by atoms with Crippen LogP contribution in [0.15, 0.2) is 12.2 Å². The standard InChI is InChI=1S/C13H24O/c1-2-3-4-5-6-9-12-10-7-8-11-13(12)14/h6,9,12-14H,2-5,7-8,10-11H2,1H3/b9-6+/t12-,13-/m0/s1. The zero-order chi connectivity index (χ0) is 10.2. The average molecular weight is 196 g/mol. The lowest BCUT2D eigenvalue weighted by molar-refractivity contribution is 0.0926. The minimum absolute atomic E-state index is 0.0637. The van der Waals surface area contributed by atoms with Gasteiger partial charge in [-0.2, -0.15) is 0 Å². The quantitative estimate of drug-likeness (QED) is 0.525. The van der Waals surface area contributed by atoms with Crippen molar-refractivity contribution in [2.24, 2.45) is 5.92 Å². The van der Waals surface area contributed by atoms with Crippen molar-refractivity contribution in [1.29, 1.82) is 0 Å². The van der Waals surface area contributed by atoms with Gasteiger partial charge < -0.3 is 5.11 Å². The van der Waals surface area contributed by atoms with E-state index < -0.39 is 0 Å². The van der Waals surface area contributed by atoms with Gasteiger partial charge in [-0.3, -0.25) is 0 Å². The second-order valence-electron chi connectivity index (χ2n) is 4.44. The summed E-state index contributed by atoms with van der Waals surface area (Å²) < 4.78 is 0. The first-order chi connectivity index (χ1) is 6.84. The van der Waals surface area contributed by atoms with Crippen LogP contribution in [-0.4, -0.2) is 11.2 Å². The molecule has 1 N–H and O–H groups in total. The highest BCUT2D eigenvalue weighted by Crippen LogP contribution is 2.25. The fourth-order valence-corrected chi connectivity index (χ4v) is 2.15. The van der Waals surface area contributed by atoms with Crippen molar-refractivity contribution in [3.05, 3.63) is 12.2 Å². The molecule has 1 aliphatic rings. The van der Waals surface area contributed by atoms with Gasteiger partial charge in [0, 0.05) is 5.92 Å². The summed E-state index contributed by atoms with van der Waals surface area (Å²) in [6.45, 7) is 2.23. The molecule has 1 heteroatoms. The van der Waals surface area contributed by atoms with Crippen LogP contribution in [0.25, 0.3) is 0 Å². The molecule has 14 heavy (non-hydrogen) atoms. The third kappa shape index (κ3) is 4.28. The number of aliphatic hydroxyl groups is 1. The van der Waals surface area contributed by atoms with E-state index in [2.05, 4.69) is 19.1 Å². The summed E-state index contributed by atoms with van der Waals surface area (Å²) in [4.78, 5) is 0. The molecule has 1 saturated carbocycles. The van der Waals surface area contributed by atoms with Crippen LogP contribution in [0.1, 0.15) is 58.3 Å². The van der Waals surface area contributed by atoms with E-state index in [4.69, 9.17) is 0 Å². The molecule has 0 saturated heterocycles. The summed E-state index contributed by atoms with van der Waals surface area (Å²) in [5.41, 5.74) is 0. The van der Waals surface area contributed by atoms with Crippen molar-refractivity contribution in [3.8, 4) is 0 Å². The van der Waals surface area contributed by atoms with Crippen LogP contribution >= 0.6 is 0 Å². The SMILES string of the molecule is CCCCC/C=C/[C@H]1CCCC[C@@H]1O. The van der Waals surface area contributed by atoms with E-state index in [1.807, 2.05) is 0 Å². The fraction of sp³-hybridized carbons (Fsp3) is 0.846. The lowest BCUT2D eigenvalue weighted by Gasteiger charge is -2.24. The van der Waals surface area contributed by atoms with Crippen molar-refractivity contribution < 1.29 is 5.11 Å². The smallest absolute Gasteiger partial charge is 0.0602 e. The number of allylic oxidation sites excluding steroid dienone is 1. The Bertz CT molecular complexity index is 163. The predicted octanol–water partition coefficient (Wildman–Crippen LogP) is 3.67. The first-order valence-electron chi connectivity index (χ1n) is 6.19. The Hall–Kier alpha value is -0.300. The number of rotatable bonds is 5. The number of aliphatic hydroxyl groups excluding tert-OH is 1. The van der Waals surface area contributed by atoms with Crippen LogP contribution in [0.2, 0.25) is 0 Å². The van der Waals surface area contributed by atoms with Gasteiger partial charge in [0.2, 0.25) is 0 Å². The minimum atomic E-state index is -0.0637. The number of hydrogen-bond acceptors (Lipinski definition) is 1. The van der Waals surface area contributed by atoms with Gasteiger partial charge in [0.25, 0.3) is 0 Å². The van der Waals surface area contributed by atoms with E-state index in [0.717, 1.165) is 6.42 Å². The van der Waals surface area contributed by atoms with Crippen molar-refractivity contribution in [1.82, 2.24) is 0 Å². The molecule has 0 radical (unpaired) electrons. The number of hydrogen-bond donors (Lipinski definition) is 1. The molecule has 1 rings (SSSR count). The van der Waals surface area contributed by atoms with Gasteiger partial charge in [-0.25, -0.2) is 0 Å². The van der Waals surface area contributed by atoms with E-state index >= 15 is 0 Å². The molecule has 0 aromatic rings. The van der Waals surface area contributed by atoms with Gasteiger partial charge in [-0.05, 0) is 25.7 Å². The third-order valence-corrected chi connectivity index (χ3v) is 3.14. The highest BCUT2D eigenvalue weighted by Gasteiger charge is 2.19. The van der Waals surface area contributed by atoms with Crippen molar-refractivity contribution in [3.63, 3.8) is 0 Å². The van der Waals surface area contributed by atoms with Gasteiger partial charge >= 0.3 is 0 Å². The molecule has 2 atom stereocenters. The maximum atomic E-state index is 9.72. The Morgan fingerprint density at radius 3 is 2.71 bits per heavy atom. The Morgan fingerprint density at radius 2 is 2.00 bits per heavy atom. The van der Waals surface area contributed by atoms with Crippen molar-refractivity contribution in [2.45, 2.75) is 64.4 Å². The minimum Gasteiger partial charge on any atom is -0.393 e. The molecule has 0 aromatic carbocycles. The molecular formula is C13H24O. The van der Waals surface area contributed by atoms with Gasteiger partial charge in [0.15, 0.2) is 0 Å². The summed E-state index contributed by atoms with van der Waals surface area (Å²) in [7, 11) is 0. The molecule has 0 aromatic heterocycles. The summed E-state index contributed by atoms with van der Waals surface area (Å²) in [6.07, 6.45) is 14.3. The Labute approximate surface area is 88.2 Å². The van der Waals surface area contributed by atoms with Gasteiger partial charge in [-0.1, -0.05) is 44.8 Å².